The molecule has 0 aliphatic carbocycles. The van der Waals surface area contributed by atoms with Crippen LogP contribution in [0.25, 0.3) is 5.57 Å². The van der Waals surface area contributed by atoms with Crippen molar-refractivity contribution in [3.63, 3.8) is 0 Å². The minimum Gasteiger partial charge on any atom is -0.489 e. The van der Waals surface area contributed by atoms with Crippen molar-refractivity contribution in [2.45, 2.75) is 6.92 Å². The van der Waals surface area contributed by atoms with E-state index in [-0.39, 0.29) is 19.0 Å². The van der Waals surface area contributed by atoms with Gasteiger partial charge in [-0.15, -0.1) is 0 Å². The van der Waals surface area contributed by atoms with Gasteiger partial charge >= 0.3 is 5.97 Å². The Morgan fingerprint density at radius 1 is 0.921 bits per heavy atom. The highest BCUT2D eigenvalue weighted by Crippen LogP contribution is 2.26. The number of rotatable bonds is 8. The second-order valence-corrected chi connectivity index (χ2v) is 8.27. The third-order valence-electron chi connectivity index (χ3n) is 5.61. The van der Waals surface area contributed by atoms with E-state index in [0.717, 1.165) is 27.8 Å². The van der Waals surface area contributed by atoms with Gasteiger partial charge in [-0.05, 0) is 95.8 Å². The molecule has 4 rings (SSSR count). The molecule has 0 spiro atoms. The fourth-order valence-corrected chi connectivity index (χ4v) is 3.63. The summed E-state index contributed by atoms with van der Waals surface area (Å²) in [6.45, 7) is 2.00. The summed E-state index contributed by atoms with van der Waals surface area (Å²) < 4.78 is 29.6. The first-order valence-corrected chi connectivity index (χ1v) is 11.9. The highest BCUT2D eigenvalue weighted by Gasteiger charge is 2.08. The number of pyridine rings is 1. The Labute approximate surface area is 221 Å². The van der Waals surface area contributed by atoms with Crippen LogP contribution in [-0.2, 0) is 9.53 Å². The number of carbonyl (C=O) groups is 1. The summed E-state index contributed by atoms with van der Waals surface area (Å²) in [6.07, 6.45) is 3.67. The molecule has 0 fully saturated rings. The normalized spacial score (nSPS) is 10.8. The number of aryl methyl sites for hydroxylation is 1. The zero-order valence-corrected chi connectivity index (χ0v) is 21.1. The Morgan fingerprint density at radius 2 is 1.66 bits per heavy atom. The molecule has 0 unspecified atom stereocenters. The van der Waals surface area contributed by atoms with Crippen LogP contribution < -0.4 is 9.47 Å². The lowest BCUT2D eigenvalue weighted by Gasteiger charge is -2.12. The molecule has 0 amide bonds. The van der Waals surface area contributed by atoms with Crippen LogP contribution in [0.4, 0.5) is 4.39 Å². The minimum atomic E-state index is -0.448. The molecule has 1 heterocycles. The molecule has 0 atom stereocenters. The molecule has 0 saturated heterocycles. The van der Waals surface area contributed by atoms with Crippen LogP contribution >= 0.6 is 0 Å². The first-order chi connectivity index (χ1) is 18.5. The molecule has 0 N–H and O–H groups in total. The van der Waals surface area contributed by atoms with Crippen molar-refractivity contribution in [1.82, 2.24) is 4.98 Å². The smallest absolute Gasteiger partial charge is 0.343 e. The van der Waals surface area contributed by atoms with E-state index in [0.29, 0.717) is 17.2 Å². The van der Waals surface area contributed by atoms with Crippen LogP contribution in [0.5, 0.6) is 11.5 Å². The number of hydrogen-bond donors (Lipinski definition) is 0. The molecule has 6 heteroatoms. The standard InChI is InChI=1S/C32H26FNO4/c1-23-21-29(16-17-31(23)38-22-32(35)36-2)37-20-18-30(26-11-13-27(33)14-12-26)25-9-6-24(7-10-25)8-15-28-5-3-4-19-34-28/h3-7,9-14,16-19,21H,20,22H2,1-2H3. The van der Waals surface area contributed by atoms with Gasteiger partial charge in [-0.25, -0.2) is 14.2 Å². The van der Waals surface area contributed by atoms with Gasteiger partial charge in [0.15, 0.2) is 6.61 Å². The van der Waals surface area contributed by atoms with Crippen molar-refractivity contribution in [2.24, 2.45) is 0 Å². The molecule has 38 heavy (non-hydrogen) atoms. The molecular formula is C32H26FNO4. The number of aromatic nitrogens is 1. The third kappa shape index (κ3) is 7.31. The van der Waals surface area contributed by atoms with Gasteiger partial charge in [0.25, 0.3) is 0 Å². The molecule has 0 radical (unpaired) electrons. The summed E-state index contributed by atoms with van der Waals surface area (Å²) >= 11 is 0. The molecule has 5 nitrogen and oxygen atoms in total. The van der Waals surface area contributed by atoms with Gasteiger partial charge in [-0.1, -0.05) is 36.3 Å². The first-order valence-electron chi connectivity index (χ1n) is 11.9. The average Bonchev–Trinajstić information content (AvgIpc) is 2.95. The van der Waals surface area contributed by atoms with E-state index in [9.17, 15) is 9.18 Å². The highest BCUT2D eigenvalue weighted by molar-refractivity contribution is 5.80. The monoisotopic (exact) mass is 507 g/mol. The first kappa shape index (κ1) is 26.2. The molecule has 0 aliphatic heterocycles. The van der Waals surface area contributed by atoms with Crippen LogP contribution in [0.15, 0.2) is 97.2 Å². The minimum absolute atomic E-state index is 0.158. The molecule has 0 bridgehead atoms. The number of methoxy groups -OCH3 is 1. The van der Waals surface area contributed by atoms with Gasteiger partial charge in [0.2, 0.25) is 0 Å². The Morgan fingerprint density at radius 3 is 2.32 bits per heavy atom. The molecule has 0 saturated carbocycles. The number of benzene rings is 3. The third-order valence-corrected chi connectivity index (χ3v) is 5.61. The summed E-state index contributed by atoms with van der Waals surface area (Å²) in [5.41, 5.74) is 5.12. The number of hydrogen-bond acceptors (Lipinski definition) is 5. The lowest BCUT2D eigenvalue weighted by Crippen LogP contribution is -2.13. The maximum atomic E-state index is 13.6. The van der Waals surface area contributed by atoms with Gasteiger partial charge in [0.1, 0.15) is 29.6 Å². The van der Waals surface area contributed by atoms with Gasteiger partial charge in [-0.2, -0.15) is 0 Å². The average molecular weight is 508 g/mol. The lowest BCUT2D eigenvalue weighted by molar-refractivity contribution is -0.142. The molecular weight excluding hydrogens is 481 g/mol. The maximum absolute atomic E-state index is 13.6. The number of halogens is 1. The molecule has 1 aromatic heterocycles. The van der Waals surface area contributed by atoms with Crippen molar-refractivity contribution in [1.29, 1.82) is 0 Å². The Hall–Kier alpha value is -4.89. The highest BCUT2D eigenvalue weighted by atomic mass is 19.1. The Kier molecular flexibility index (Phi) is 8.88. The number of nitrogens with zero attached hydrogens (tertiary/aromatic N) is 1. The molecule has 0 aliphatic rings. The predicted octanol–water partition coefficient (Wildman–Crippen LogP) is 5.99. The van der Waals surface area contributed by atoms with Gasteiger partial charge in [0, 0.05) is 11.8 Å². The Balaban J connectivity index is 1.50. The van der Waals surface area contributed by atoms with Crippen molar-refractivity contribution < 1.29 is 23.4 Å². The fraction of sp³-hybridized carbons (Fsp3) is 0.125. The fourth-order valence-electron chi connectivity index (χ4n) is 3.63. The Bertz CT molecular complexity index is 1470. The van der Waals surface area contributed by atoms with Crippen molar-refractivity contribution >= 4 is 11.5 Å². The number of esters is 1. The molecule has 190 valence electrons. The van der Waals surface area contributed by atoms with Gasteiger partial charge in [-0.3, -0.25) is 0 Å². The zero-order valence-electron chi connectivity index (χ0n) is 21.1. The number of carbonyl (C=O) groups excluding carboxylic acids is 1. The second-order valence-electron chi connectivity index (χ2n) is 8.27. The zero-order chi connectivity index (χ0) is 26.7. The SMILES string of the molecule is COC(=O)COc1ccc(OCC=C(c2ccc(F)cc2)c2ccc(C#Cc3ccccn3)cc2)cc1C. The van der Waals surface area contributed by atoms with Crippen molar-refractivity contribution in [3.8, 4) is 23.3 Å². The van der Waals surface area contributed by atoms with Crippen molar-refractivity contribution in [3.05, 3.63) is 131 Å². The van der Waals surface area contributed by atoms with Gasteiger partial charge in [0.05, 0.1) is 7.11 Å². The lowest BCUT2D eigenvalue weighted by atomic mass is 9.96. The predicted molar refractivity (Wildman–Crippen MR) is 144 cm³/mol. The summed E-state index contributed by atoms with van der Waals surface area (Å²) in [4.78, 5) is 15.5. The second kappa shape index (κ2) is 12.9. The van der Waals surface area contributed by atoms with E-state index >= 15 is 0 Å². The maximum Gasteiger partial charge on any atom is 0.343 e. The van der Waals surface area contributed by atoms with E-state index in [1.807, 2.05) is 61.5 Å². The number of ether oxygens (including phenoxy) is 3. The van der Waals surface area contributed by atoms with Crippen LogP contribution in [0.2, 0.25) is 0 Å². The van der Waals surface area contributed by atoms with Crippen molar-refractivity contribution in [2.75, 3.05) is 20.3 Å². The van der Waals surface area contributed by atoms with Crippen LogP contribution in [0, 0.1) is 24.6 Å². The van der Waals surface area contributed by atoms with Gasteiger partial charge < -0.3 is 14.2 Å². The summed E-state index contributed by atoms with van der Waals surface area (Å²) in [5, 5.41) is 0. The molecule has 4 aromatic rings. The van der Waals surface area contributed by atoms with E-state index in [2.05, 4.69) is 21.6 Å². The largest absolute Gasteiger partial charge is 0.489 e. The summed E-state index contributed by atoms with van der Waals surface area (Å²) in [6, 6.07) is 25.2. The quantitative estimate of drug-likeness (QED) is 0.217. The molecule has 3 aromatic carbocycles. The van der Waals surface area contributed by atoms with E-state index < -0.39 is 5.97 Å². The summed E-state index contributed by atoms with van der Waals surface area (Å²) in [7, 11) is 1.31. The van der Waals surface area contributed by atoms with Crippen LogP contribution in [0.1, 0.15) is 27.9 Å². The van der Waals surface area contributed by atoms with E-state index in [1.54, 1.807) is 30.5 Å². The van der Waals surface area contributed by atoms with Crippen LogP contribution in [0.3, 0.4) is 0 Å². The van der Waals surface area contributed by atoms with E-state index in [4.69, 9.17) is 9.47 Å². The van der Waals surface area contributed by atoms with Crippen LogP contribution in [-0.4, -0.2) is 31.3 Å². The van der Waals surface area contributed by atoms with E-state index in [1.165, 1.54) is 19.2 Å². The topological polar surface area (TPSA) is 57.7 Å². The summed E-state index contributed by atoms with van der Waals surface area (Å²) in [5.74, 6) is 6.67.